The highest BCUT2D eigenvalue weighted by molar-refractivity contribution is 5.97. The molecule has 0 radical (unpaired) electrons. The van der Waals surface area contributed by atoms with Crippen LogP contribution in [0.2, 0.25) is 0 Å². The van der Waals surface area contributed by atoms with Gasteiger partial charge in [0.15, 0.2) is 5.78 Å². The Kier molecular flexibility index (Phi) is 1.73. The quantitative estimate of drug-likeness (QED) is 0.700. The summed E-state index contributed by atoms with van der Waals surface area (Å²) in [4.78, 5) is 20.5. The second-order valence-corrected chi connectivity index (χ2v) is 4.89. The lowest BCUT2D eigenvalue weighted by Gasteiger charge is -2.15. The Balaban J connectivity index is 2.05. The van der Waals surface area contributed by atoms with Gasteiger partial charge in [0.2, 0.25) is 0 Å². The number of aryl methyl sites for hydroxylation is 1. The molecule has 0 spiro atoms. The van der Waals surface area contributed by atoms with Crippen LogP contribution in [0.4, 0.5) is 0 Å². The first kappa shape index (κ1) is 9.01. The van der Waals surface area contributed by atoms with Crippen LogP contribution in [0.3, 0.4) is 0 Å². The van der Waals surface area contributed by atoms with Crippen LogP contribution in [0.25, 0.3) is 0 Å². The van der Waals surface area contributed by atoms with Gasteiger partial charge in [0.25, 0.3) is 0 Å². The van der Waals surface area contributed by atoms with Crippen molar-refractivity contribution in [3.8, 4) is 0 Å². The molecule has 1 saturated carbocycles. The van der Waals surface area contributed by atoms with E-state index in [-0.39, 0.29) is 11.2 Å². The Labute approximate surface area is 88.9 Å². The number of Topliss-reactive ketones (excluding diaryl/α,β-unsaturated/α-hetero) is 1. The lowest BCUT2D eigenvalue weighted by Crippen LogP contribution is -2.17. The van der Waals surface area contributed by atoms with Gasteiger partial charge in [-0.1, -0.05) is 6.92 Å². The lowest BCUT2D eigenvalue weighted by molar-refractivity contribution is 0.0971. The van der Waals surface area contributed by atoms with Crippen molar-refractivity contribution in [1.29, 1.82) is 0 Å². The zero-order chi connectivity index (χ0) is 10.5. The third-order valence-corrected chi connectivity index (χ3v) is 3.53. The molecule has 0 aromatic carbocycles. The van der Waals surface area contributed by atoms with Crippen molar-refractivity contribution in [2.24, 2.45) is 0 Å². The number of hydrogen-bond donors (Lipinski definition) is 0. The fraction of sp³-hybridized carbons (Fsp3) is 0.583. The molecule has 0 atom stereocenters. The summed E-state index contributed by atoms with van der Waals surface area (Å²) in [6, 6.07) is 0. The number of hydrogen-bond acceptors (Lipinski definition) is 3. The van der Waals surface area contributed by atoms with E-state index in [1.165, 1.54) is 12.8 Å². The molecule has 1 aromatic rings. The molecular weight excluding hydrogens is 188 g/mol. The van der Waals surface area contributed by atoms with Gasteiger partial charge in [-0.3, -0.25) is 4.79 Å². The van der Waals surface area contributed by atoms with Gasteiger partial charge >= 0.3 is 0 Å². The molecule has 78 valence electrons. The molecule has 0 amide bonds. The Morgan fingerprint density at radius 2 is 2.13 bits per heavy atom. The predicted molar refractivity (Wildman–Crippen MR) is 55.9 cm³/mol. The second kappa shape index (κ2) is 2.87. The van der Waals surface area contributed by atoms with Gasteiger partial charge in [0.1, 0.15) is 5.82 Å². The first-order valence-electron chi connectivity index (χ1n) is 5.59. The Morgan fingerprint density at radius 1 is 1.33 bits per heavy atom. The summed E-state index contributed by atoms with van der Waals surface area (Å²) in [7, 11) is 0. The van der Waals surface area contributed by atoms with E-state index in [9.17, 15) is 4.79 Å². The number of fused-ring (bicyclic) bond motifs is 1. The Morgan fingerprint density at radius 3 is 2.87 bits per heavy atom. The normalized spacial score (nSPS) is 22.3. The molecule has 0 unspecified atom stereocenters. The number of carbonyl (C=O) groups excluding carboxylic acids is 1. The molecule has 2 aliphatic carbocycles. The minimum Gasteiger partial charge on any atom is -0.294 e. The molecule has 0 N–H and O–H groups in total. The van der Waals surface area contributed by atoms with Gasteiger partial charge in [-0.05, 0) is 25.7 Å². The SMILES string of the molecule is CC1(c2ncc3c(n2)CCCC3=O)CC1. The number of rotatable bonds is 1. The molecule has 0 bridgehead atoms. The van der Waals surface area contributed by atoms with Crippen molar-refractivity contribution in [2.45, 2.75) is 44.4 Å². The lowest BCUT2D eigenvalue weighted by atomic mass is 9.95. The maximum Gasteiger partial charge on any atom is 0.166 e. The summed E-state index contributed by atoms with van der Waals surface area (Å²) < 4.78 is 0. The average Bonchev–Trinajstić information content (AvgIpc) is 2.98. The topological polar surface area (TPSA) is 42.9 Å². The molecular formula is C12H14N2O. The maximum absolute atomic E-state index is 11.6. The van der Waals surface area contributed by atoms with E-state index in [4.69, 9.17) is 0 Å². The first-order chi connectivity index (χ1) is 7.19. The molecule has 1 heterocycles. The Hall–Kier alpha value is -1.25. The average molecular weight is 202 g/mol. The van der Waals surface area contributed by atoms with Crippen molar-refractivity contribution in [3.05, 3.63) is 23.3 Å². The maximum atomic E-state index is 11.6. The van der Waals surface area contributed by atoms with E-state index in [0.29, 0.717) is 6.42 Å². The molecule has 1 aromatic heterocycles. The molecule has 1 fully saturated rings. The van der Waals surface area contributed by atoms with Crippen molar-refractivity contribution in [2.75, 3.05) is 0 Å². The van der Waals surface area contributed by atoms with Crippen LogP contribution < -0.4 is 0 Å². The van der Waals surface area contributed by atoms with E-state index in [1.54, 1.807) is 6.20 Å². The number of carbonyl (C=O) groups is 1. The molecule has 3 heteroatoms. The largest absolute Gasteiger partial charge is 0.294 e. The molecule has 3 nitrogen and oxygen atoms in total. The smallest absolute Gasteiger partial charge is 0.166 e. The summed E-state index contributed by atoms with van der Waals surface area (Å²) in [5.74, 6) is 1.15. The highest BCUT2D eigenvalue weighted by atomic mass is 16.1. The standard InChI is InChI=1S/C12H14N2O/c1-12(5-6-12)11-13-7-8-9(14-11)3-2-4-10(8)15/h7H,2-6H2,1H3. The number of nitrogens with zero attached hydrogens (tertiary/aromatic N) is 2. The first-order valence-corrected chi connectivity index (χ1v) is 5.59. The van der Waals surface area contributed by atoms with Crippen LogP contribution in [-0.4, -0.2) is 15.8 Å². The van der Waals surface area contributed by atoms with E-state index in [1.807, 2.05) is 0 Å². The van der Waals surface area contributed by atoms with Gasteiger partial charge in [0.05, 0.1) is 11.3 Å². The van der Waals surface area contributed by atoms with Crippen molar-refractivity contribution < 1.29 is 4.79 Å². The second-order valence-electron chi connectivity index (χ2n) is 4.89. The van der Waals surface area contributed by atoms with Crippen LogP contribution in [0.5, 0.6) is 0 Å². The van der Waals surface area contributed by atoms with E-state index < -0.39 is 0 Å². The van der Waals surface area contributed by atoms with E-state index in [0.717, 1.165) is 29.9 Å². The third kappa shape index (κ3) is 1.37. The Bertz CT molecular complexity index is 435. The minimum absolute atomic E-state index is 0.204. The molecule has 15 heavy (non-hydrogen) atoms. The third-order valence-electron chi connectivity index (χ3n) is 3.53. The monoisotopic (exact) mass is 202 g/mol. The van der Waals surface area contributed by atoms with Gasteiger partial charge < -0.3 is 0 Å². The van der Waals surface area contributed by atoms with Gasteiger partial charge in [-0.15, -0.1) is 0 Å². The minimum atomic E-state index is 0.204. The zero-order valence-electron chi connectivity index (χ0n) is 8.92. The van der Waals surface area contributed by atoms with Crippen molar-refractivity contribution in [1.82, 2.24) is 9.97 Å². The molecule has 2 aliphatic rings. The van der Waals surface area contributed by atoms with Gasteiger partial charge in [0, 0.05) is 18.0 Å². The summed E-state index contributed by atoms with van der Waals surface area (Å²) >= 11 is 0. The molecule has 0 saturated heterocycles. The van der Waals surface area contributed by atoms with Crippen molar-refractivity contribution >= 4 is 5.78 Å². The van der Waals surface area contributed by atoms with Crippen LogP contribution in [0.15, 0.2) is 6.20 Å². The fourth-order valence-corrected chi connectivity index (χ4v) is 2.09. The summed E-state index contributed by atoms with van der Waals surface area (Å²) in [5, 5.41) is 0. The molecule has 3 rings (SSSR count). The van der Waals surface area contributed by atoms with E-state index >= 15 is 0 Å². The van der Waals surface area contributed by atoms with Crippen LogP contribution in [0.1, 0.15) is 54.5 Å². The van der Waals surface area contributed by atoms with Crippen molar-refractivity contribution in [3.63, 3.8) is 0 Å². The zero-order valence-corrected chi connectivity index (χ0v) is 8.92. The van der Waals surface area contributed by atoms with Gasteiger partial charge in [-0.25, -0.2) is 9.97 Å². The summed E-state index contributed by atoms with van der Waals surface area (Å²) in [6.45, 7) is 2.19. The number of aromatic nitrogens is 2. The summed E-state index contributed by atoms with van der Waals surface area (Å²) in [5.41, 5.74) is 1.94. The highest BCUT2D eigenvalue weighted by Crippen LogP contribution is 2.46. The fourth-order valence-electron chi connectivity index (χ4n) is 2.09. The van der Waals surface area contributed by atoms with Crippen LogP contribution in [-0.2, 0) is 11.8 Å². The molecule has 0 aliphatic heterocycles. The summed E-state index contributed by atoms with van der Waals surface area (Å²) in [6.07, 6.45) is 6.64. The highest BCUT2D eigenvalue weighted by Gasteiger charge is 2.42. The number of ketones is 1. The predicted octanol–water partition coefficient (Wildman–Crippen LogP) is 2.05. The van der Waals surface area contributed by atoms with Gasteiger partial charge in [-0.2, -0.15) is 0 Å². The van der Waals surface area contributed by atoms with Crippen LogP contribution in [0, 0.1) is 0 Å². The van der Waals surface area contributed by atoms with Crippen LogP contribution >= 0.6 is 0 Å². The van der Waals surface area contributed by atoms with E-state index in [2.05, 4.69) is 16.9 Å².